The van der Waals surface area contributed by atoms with Crippen molar-refractivity contribution < 1.29 is 14.3 Å². The maximum absolute atomic E-state index is 13.1. The molecule has 0 bridgehead atoms. The fourth-order valence-electron chi connectivity index (χ4n) is 8.11. The third-order valence-corrected chi connectivity index (χ3v) is 9.69. The van der Waals surface area contributed by atoms with Crippen LogP contribution in [0.2, 0.25) is 0 Å². The van der Waals surface area contributed by atoms with Gasteiger partial charge in [-0.2, -0.15) is 0 Å². The second kappa shape index (κ2) is 7.20. The van der Waals surface area contributed by atoms with E-state index >= 15 is 0 Å². The van der Waals surface area contributed by atoms with Crippen molar-refractivity contribution in [3.05, 3.63) is 29.8 Å². The van der Waals surface area contributed by atoms with Crippen molar-refractivity contribution in [2.45, 2.75) is 77.2 Å². The summed E-state index contributed by atoms with van der Waals surface area (Å²) in [5.41, 5.74) is 2.77. The molecule has 0 amide bonds. The summed E-state index contributed by atoms with van der Waals surface area (Å²) < 4.78 is 12.7. The van der Waals surface area contributed by atoms with Crippen LogP contribution in [0.5, 0.6) is 0 Å². The summed E-state index contributed by atoms with van der Waals surface area (Å²) in [6, 6.07) is 9.22. The number of ether oxygens (including phenoxy) is 2. The van der Waals surface area contributed by atoms with Crippen LogP contribution in [0.3, 0.4) is 0 Å². The van der Waals surface area contributed by atoms with E-state index in [1.807, 2.05) is 0 Å². The molecule has 3 heterocycles. The summed E-state index contributed by atoms with van der Waals surface area (Å²) in [5, 5.41) is 0. The lowest BCUT2D eigenvalue weighted by Gasteiger charge is -2.49. The van der Waals surface area contributed by atoms with Crippen molar-refractivity contribution in [3.8, 4) is 0 Å². The highest BCUT2D eigenvalue weighted by Gasteiger charge is 2.78. The molecule has 8 atom stereocenters. The zero-order valence-electron chi connectivity index (χ0n) is 20.0. The fourth-order valence-corrected chi connectivity index (χ4v) is 8.11. The fraction of sp³-hybridized carbons (Fsp3) is 0.741. The highest BCUT2D eigenvalue weighted by molar-refractivity contribution is 5.76. The van der Waals surface area contributed by atoms with Gasteiger partial charge in [-0.3, -0.25) is 9.69 Å². The largest absolute Gasteiger partial charge is 0.462 e. The molecule has 5 aliphatic rings. The highest BCUT2D eigenvalue weighted by atomic mass is 16.6. The third kappa shape index (κ3) is 2.93. The monoisotopic (exact) mass is 438 g/mol. The number of aryl methyl sites for hydroxylation is 1. The molecular formula is C27H38N2O3. The summed E-state index contributed by atoms with van der Waals surface area (Å²) in [6.45, 7) is 13.0. The zero-order valence-corrected chi connectivity index (χ0v) is 20.0. The Morgan fingerprint density at radius 2 is 2.06 bits per heavy atom. The zero-order chi connectivity index (χ0) is 22.3. The first-order chi connectivity index (χ1) is 15.3. The Labute approximate surface area is 192 Å². The van der Waals surface area contributed by atoms with Gasteiger partial charge in [-0.05, 0) is 56.7 Å². The van der Waals surface area contributed by atoms with Gasteiger partial charge >= 0.3 is 5.97 Å². The van der Waals surface area contributed by atoms with Crippen LogP contribution in [0.4, 0.5) is 5.69 Å². The Kier molecular flexibility index (Phi) is 4.72. The molecule has 1 spiro atoms. The van der Waals surface area contributed by atoms with Gasteiger partial charge in [-0.1, -0.05) is 32.4 Å². The third-order valence-electron chi connectivity index (χ3n) is 9.69. The van der Waals surface area contributed by atoms with Gasteiger partial charge in [0.15, 0.2) is 0 Å². The number of benzene rings is 1. The molecule has 5 nitrogen and oxygen atoms in total. The van der Waals surface area contributed by atoms with E-state index in [0.717, 1.165) is 32.6 Å². The maximum atomic E-state index is 13.1. The lowest BCUT2D eigenvalue weighted by atomic mass is 9.53. The predicted molar refractivity (Wildman–Crippen MR) is 125 cm³/mol. The molecule has 2 saturated carbocycles. The molecule has 0 radical (unpaired) electrons. The van der Waals surface area contributed by atoms with Crippen molar-refractivity contribution >= 4 is 11.7 Å². The quantitative estimate of drug-likeness (QED) is 0.527. The molecule has 8 unspecified atom stereocenters. The minimum Gasteiger partial charge on any atom is -0.462 e. The van der Waals surface area contributed by atoms with Crippen LogP contribution in [0.15, 0.2) is 24.3 Å². The van der Waals surface area contributed by atoms with E-state index in [-0.39, 0.29) is 41.0 Å². The van der Waals surface area contributed by atoms with Gasteiger partial charge in [0, 0.05) is 49.2 Å². The van der Waals surface area contributed by atoms with Gasteiger partial charge in [-0.15, -0.1) is 0 Å². The summed E-state index contributed by atoms with van der Waals surface area (Å²) in [6.07, 6.45) is 4.98. The van der Waals surface area contributed by atoms with Crippen molar-refractivity contribution in [1.82, 2.24) is 4.90 Å². The van der Waals surface area contributed by atoms with E-state index in [1.54, 1.807) is 0 Å². The van der Waals surface area contributed by atoms with Gasteiger partial charge in [0.25, 0.3) is 0 Å². The summed E-state index contributed by atoms with van der Waals surface area (Å²) in [7, 11) is 0. The Hall–Kier alpha value is -1.59. The van der Waals surface area contributed by atoms with Crippen LogP contribution in [0, 0.1) is 30.1 Å². The summed E-state index contributed by atoms with van der Waals surface area (Å²) in [5.74, 6) is 0.803. The Balaban J connectivity index is 1.16. The van der Waals surface area contributed by atoms with Crippen LogP contribution in [0.1, 0.15) is 52.0 Å². The summed E-state index contributed by atoms with van der Waals surface area (Å²) in [4.78, 5) is 18.1. The van der Waals surface area contributed by atoms with Crippen molar-refractivity contribution in [1.29, 1.82) is 0 Å². The van der Waals surface area contributed by atoms with E-state index in [4.69, 9.17) is 9.47 Å². The molecule has 6 rings (SSSR count). The van der Waals surface area contributed by atoms with Crippen LogP contribution in [0.25, 0.3) is 0 Å². The van der Waals surface area contributed by atoms with Gasteiger partial charge in [0.05, 0.1) is 12.0 Å². The van der Waals surface area contributed by atoms with E-state index in [0.29, 0.717) is 12.0 Å². The molecule has 0 N–H and O–H groups in total. The second-order valence-electron chi connectivity index (χ2n) is 11.7. The van der Waals surface area contributed by atoms with Gasteiger partial charge < -0.3 is 14.4 Å². The van der Waals surface area contributed by atoms with Crippen molar-refractivity contribution in [2.24, 2.45) is 23.2 Å². The number of carbonyl (C=O) groups excluding carboxylic acids is 1. The smallest absolute Gasteiger partial charge is 0.311 e. The van der Waals surface area contributed by atoms with Gasteiger partial charge in [0.1, 0.15) is 11.7 Å². The molecule has 3 aliphatic heterocycles. The second-order valence-corrected chi connectivity index (χ2v) is 11.7. The molecule has 1 aromatic rings. The average molecular weight is 439 g/mol. The molecule has 32 heavy (non-hydrogen) atoms. The summed E-state index contributed by atoms with van der Waals surface area (Å²) >= 11 is 0. The number of piperazine rings is 1. The number of carbonyl (C=O) groups is 1. The minimum absolute atomic E-state index is 0.00416. The molecular weight excluding hydrogens is 400 g/mol. The average Bonchev–Trinajstić information content (AvgIpc) is 3.43. The molecule has 3 saturated heterocycles. The topological polar surface area (TPSA) is 45.3 Å². The number of hydrogen-bond donors (Lipinski definition) is 0. The number of hydrogen-bond acceptors (Lipinski definition) is 5. The first-order valence-corrected chi connectivity index (χ1v) is 12.8. The maximum Gasteiger partial charge on any atom is 0.311 e. The molecule has 0 aromatic heterocycles. The van der Waals surface area contributed by atoms with E-state index in [9.17, 15) is 4.79 Å². The molecule has 174 valence electrons. The number of rotatable bonds is 3. The first kappa shape index (κ1) is 21.0. The van der Waals surface area contributed by atoms with Crippen LogP contribution in [-0.4, -0.2) is 60.9 Å². The number of esters is 1. The number of nitrogens with zero attached hydrogens (tertiary/aromatic N) is 2. The normalized spacial score (nSPS) is 45.6. The van der Waals surface area contributed by atoms with Gasteiger partial charge in [-0.25, -0.2) is 0 Å². The number of anilines is 1. The molecule has 1 aromatic carbocycles. The first-order valence-electron chi connectivity index (χ1n) is 12.8. The van der Waals surface area contributed by atoms with Crippen molar-refractivity contribution in [3.63, 3.8) is 0 Å². The van der Waals surface area contributed by atoms with Crippen LogP contribution >= 0.6 is 0 Å². The van der Waals surface area contributed by atoms with E-state index in [2.05, 4.69) is 61.8 Å². The van der Waals surface area contributed by atoms with Gasteiger partial charge in [0.2, 0.25) is 0 Å². The highest BCUT2D eigenvalue weighted by Crippen LogP contribution is 2.70. The Morgan fingerprint density at radius 3 is 2.84 bits per heavy atom. The lowest BCUT2D eigenvalue weighted by molar-refractivity contribution is -0.146. The van der Waals surface area contributed by atoms with E-state index in [1.165, 1.54) is 30.5 Å². The van der Waals surface area contributed by atoms with Crippen LogP contribution in [-0.2, 0) is 14.3 Å². The lowest BCUT2D eigenvalue weighted by Crippen LogP contribution is -2.56. The van der Waals surface area contributed by atoms with E-state index < -0.39 is 0 Å². The van der Waals surface area contributed by atoms with Crippen LogP contribution < -0.4 is 4.90 Å². The number of epoxide rings is 1. The molecule has 5 fully saturated rings. The molecule has 5 heteroatoms. The standard InChI is InChI=1S/C27H38N2O3/c1-17-7-5-9-20(13-17)29-12-11-28(15-19(29)3)16-21-23-22(31-25(21)30)14-26(4)10-6-8-18(2)27(26)24(23)32-27/h5,7,9,13,18-19,21-24H,6,8,10-12,14-16H2,1-4H3. The number of fused-ring (bicyclic) bond motifs is 2. The predicted octanol–water partition coefficient (Wildman–Crippen LogP) is 4.03. The molecule has 2 aliphatic carbocycles. The minimum atomic E-state index is -0.0410. The Bertz CT molecular complexity index is 920. The Morgan fingerprint density at radius 1 is 1.22 bits per heavy atom. The SMILES string of the molecule is Cc1cccc(N2CCN(CC3C(=O)OC4CC5(C)CCCC(C)C56OC6C43)CC2C)c1. The van der Waals surface area contributed by atoms with Crippen molar-refractivity contribution in [2.75, 3.05) is 31.1 Å².